The van der Waals surface area contributed by atoms with Crippen LogP contribution in [0.3, 0.4) is 0 Å². The number of carbonyl (C=O) groups is 4. The molecule has 0 aliphatic rings. The predicted molar refractivity (Wildman–Crippen MR) is 354 cm³/mol. The molecule has 88 heavy (non-hydrogen) atoms. The van der Waals surface area contributed by atoms with Crippen molar-refractivity contribution < 1.29 is 80.2 Å². The van der Waals surface area contributed by atoms with Crippen LogP contribution >= 0.6 is 15.6 Å². The Labute approximate surface area is 537 Å². The molecular formula is C69H134O17P2. The van der Waals surface area contributed by atoms with E-state index in [2.05, 4.69) is 55.4 Å². The summed E-state index contributed by atoms with van der Waals surface area (Å²) in [5.74, 6) is 0.875. The summed E-state index contributed by atoms with van der Waals surface area (Å²) in [6.45, 7) is 14.1. The number of aliphatic hydroxyl groups excluding tert-OH is 1. The van der Waals surface area contributed by atoms with Gasteiger partial charge >= 0.3 is 39.5 Å². The average molecular weight is 1300 g/mol. The van der Waals surface area contributed by atoms with Crippen LogP contribution < -0.4 is 0 Å². The van der Waals surface area contributed by atoms with E-state index in [0.29, 0.717) is 25.7 Å². The summed E-state index contributed by atoms with van der Waals surface area (Å²) in [5.41, 5.74) is 0. The van der Waals surface area contributed by atoms with Crippen molar-refractivity contribution in [1.82, 2.24) is 0 Å². The lowest BCUT2D eigenvalue weighted by atomic mass is 9.99. The summed E-state index contributed by atoms with van der Waals surface area (Å²) in [6, 6.07) is 0. The number of carbonyl (C=O) groups excluding carboxylic acids is 4. The highest BCUT2D eigenvalue weighted by atomic mass is 31.2. The Bertz CT molecular complexity index is 1750. The number of rotatable bonds is 66. The Morgan fingerprint density at radius 2 is 0.545 bits per heavy atom. The minimum atomic E-state index is -4.95. The lowest BCUT2D eigenvalue weighted by Gasteiger charge is -2.21. The van der Waals surface area contributed by atoms with Gasteiger partial charge in [0.2, 0.25) is 0 Å². The molecular weight excluding hydrogens is 1160 g/mol. The van der Waals surface area contributed by atoms with Gasteiger partial charge in [-0.1, -0.05) is 287 Å². The van der Waals surface area contributed by atoms with Crippen LogP contribution in [0, 0.1) is 23.7 Å². The van der Waals surface area contributed by atoms with Gasteiger partial charge in [0.1, 0.15) is 19.3 Å². The summed E-state index contributed by atoms with van der Waals surface area (Å²) in [4.78, 5) is 72.5. The van der Waals surface area contributed by atoms with Crippen LogP contribution in [0.2, 0.25) is 0 Å². The third-order valence-electron chi connectivity index (χ3n) is 16.5. The number of unbranched alkanes of at least 4 members (excludes halogenated alkanes) is 30. The highest BCUT2D eigenvalue weighted by molar-refractivity contribution is 7.47. The molecule has 0 aromatic heterocycles. The van der Waals surface area contributed by atoms with Gasteiger partial charge in [-0.05, 0) is 49.4 Å². The highest BCUT2D eigenvalue weighted by Crippen LogP contribution is 2.45. The van der Waals surface area contributed by atoms with E-state index >= 15 is 0 Å². The van der Waals surface area contributed by atoms with Crippen molar-refractivity contribution in [1.29, 1.82) is 0 Å². The fourth-order valence-corrected chi connectivity index (χ4v) is 11.8. The molecule has 0 saturated carbocycles. The zero-order chi connectivity index (χ0) is 65.4. The molecule has 0 rings (SSSR count). The first-order chi connectivity index (χ1) is 42.2. The van der Waals surface area contributed by atoms with E-state index < -0.39 is 97.5 Å². The van der Waals surface area contributed by atoms with E-state index in [1.54, 1.807) is 0 Å². The Morgan fingerprint density at radius 3 is 0.807 bits per heavy atom. The fraction of sp³-hybridized carbons (Fsp3) is 0.942. The van der Waals surface area contributed by atoms with E-state index in [1.807, 2.05) is 0 Å². The van der Waals surface area contributed by atoms with Crippen LogP contribution in [-0.4, -0.2) is 96.7 Å². The van der Waals surface area contributed by atoms with E-state index in [1.165, 1.54) is 135 Å². The van der Waals surface area contributed by atoms with Crippen LogP contribution in [0.5, 0.6) is 0 Å². The van der Waals surface area contributed by atoms with Gasteiger partial charge in [-0.25, -0.2) is 9.13 Å². The van der Waals surface area contributed by atoms with Crippen molar-refractivity contribution in [3.63, 3.8) is 0 Å². The minimum absolute atomic E-state index is 0.104. The molecule has 0 bridgehead atoms. The quantitative estimate of drug-likeness (QED) is 0.0222. The van der Waals surface area contributed by atoms with E-state index in [9.17, 15) is 43.2 Å². The molecule has 4 unspecified atom stereocenters. The number of aliphatic hydroxyl groups is 1. The Hall–Kier alpha value is -1.94. The molecule has 3 N–H and O–H groups in total. The molecule has 522 valence electrons. The molecule has 19 heteroatoms. The standard InChI is InChI=1S/C69H134O17P2/c1-9-61(7)47-39-31-23-19-20-26-36-44-52-69(74)86-64(55-79-66(71)49-41-33-24-17-13-11-12-15-21-29-37-45-59(3)4)57-83-87(75,76)81-53-63(70)54-82-88(77,78)84-58-65(56-80-67(72)50-42-34-28-27-32-40-48-62(8)10-2)85-68(73)51-43-35-25-18-14-16-22-30-38-46-60(5)6/h59-65,70H,9-58H2,1-8H3,(H,75,76)(H,77,78)/t61?,62?,63-,64-,65-/m1/s1. The van der Waals surface area contributed by atoms with Crippen molar-refractivity contribution in [3.05, 3.63) is 0 Å². The van der Waals surface area contributed by atoms with Gasteiger partial charge in [0.05, 0.1) is 26.4 Å². The molecule has 0 saturated heterocycles. The molecule has 0 radical (unpaired) electrons. The summed E-state index contributed by atoms with van der Waals surface area (Å²) in [5, 5.41) is 10.6. The topological polar surface area (TPSA) is 237 Å². The van der Waals surface area contributed by atoms with Crippen molar-refractivity contribution in [3.8, 4) is 0 Å². The smallest absolute Gasteiger partial charge is 0.462 e. The summed E-state index contributed by atoms with van der Waals surface area (Å²) >= 11 is 0. The predicted octanol–water partition coefficient (Wildman–Crippen LogP) is 19.3. The summed E-state index contributed by atoms with van der Waals surface area (Å²) < 4.78 is 68.2. The number of hydrogen-bond donors (Lipinski definition) is 3. The first-order valence-corrected chi connectivity index (χ1v) is 38.8. The lowest BCUT2D eigenvalue weighted by molar-refractivity contribution is -0.161. The number of phosphoric acid groups is 2. The molecule has 0 aromatic rings. The molecule has 0 aliphatic carbocycles. The second kappa shape index (κ2) is 58.8. The number of ether oxygens (including phenoxy) is 4. The first-order valence-electron chi connectivity index (χ1n) is 35.8. The van der Waals surface area contributed by atoms with E-state index in [4.69, 9.17) is 37.0 Å². The second-order valence-corrected chi connectivity index (χ2v) is 29.3. The Balaban J connectivity index is 5.27. The third-order valence-corrected chi connectivity index (χ3v) is 18.4. The van der Waals surface area contributed by atoms with Crippen molar-refractivity contribution >= 4 is 39.5 Å². The molecule has 0 aliphatic heterocycles. The van der Waals surface area contributed by atoms with Gasteiger partial charge in [0, 0.05) is 25.7 Å². The van der Waals surface area contributed by atoms with Gasteiger partial charge in [-0.15, -0.1) is 0 Å². The maximum absolute atomic E-state index is 13.0. The van der Waals surface area contributed by atoms with Crippen molar-refractivity contribution in [2.45, 2.75) is 356 Å². The zero-order valence-electron chi connectivity index (χ0n) is 57.3. The van der Waals surface area contributed by atoms with Crippen LogP contribution in [0.4, 0.5) is 0 Å². The first kappa shape index (κ1) is 86.1. The SMILES string of the molecule is CCC(C)CCCCCCCCCCC(=O)O[C@H](COC(=O)CCCCCCCCCCCCCC(C)C)COP(=O)(O)OC[C@@H](O)COP(=O)(O)OC[C@@H](COC(=O)CCCCCCCCC(C)CC)OC(=O)CCCCCCCCCCCC(C)C. The molecule has 0 fully saturated rings. The minimum Gasteiger partial charge on any atom is -0.462 e. The number of esters is 4. The van der Waals surface area contributed by atoms with Gasteiger partial charge < -0.3 is 33.8 Å². The average Bonchev–Trinajstić information content (AvgIpc) is 3.50. The van der Waals surface area contributed by atoms with Crippen LogP contribution in [-0.2, 0) is 65.4 Å². The van der Waals surface area contributed by atoms with Gasteiger partial charge in [0.15, 0.2) is 12.2 Å². The van der Waals surface area contributed by atoms with E-state index in [-0.39, 0.29) is 25.7 Å². The second-order valence-electron chi connectivity index (χ2n) is 26.4. The van der Waals surface area contributed by atoms with Crippen LogP contribution in [0.15, 0.2) is 0 Å². The molecule has 0 aromatic carbocycles. The highest BCUT2D eigenvalue weighted by Gasteiger charge is 2.30. The Morgan fingerprint density at radius 1 is 0.318 bits per heavy atom. The van der Waals surface area contributed by atoms with E-state index in [0.717, 1.165) is 120 Å². The summed E-state index contributed by atoms with van der Waals surface area (Å²) in [7, 11) is -9.90. The Kier molecular flexibility index (Phi) is 57.6. The van der Waals surface area contributed by atoms with Gasteiger partial charge in [0.25, 0.3) is 0 Å². The van der Waals surface area contributed by atoms with Crippen molar-refractivity contribution in [2.24, 2.45) is 23.7 Å². The summed E-state index contributed by atoms with van der Waals surface area (Å²) in [6.07, 6.45) is 40.3. The lowest BCUT2D eigenvalue weighted by Crippen LogP contribution is -2.30. The molecule has 7 atom stereocenters. The van der Waals surface area contributed by atoms with Crippen LogP contribution in [0.25, 0.3) is 0 Å². The monoisotopic (exact) mass is 1300 g/mol. The zero-order valence-corrected chi connectivity index (χ0v) is 59.1. The molecule has 17 nitrogen and oxygen atoms in total. The maximum atomic E-state index is 13.0. The largest absolute Gasteiger partial charge is 0.472 e. The fourth-order valence-electron chi connectivity index (χ4n) is 10.2. The molecule has 0 heterocycles. The van der Waals surface area contributed by atoms with Gasteiger partial charge in [-0.3, -0.25) is 37.3 Å². The third kappa shape index (κ3) is 60.3. The van der Waals surface area contributed by atoms with Crippen molar-refractivity contribution in [2.75, 3.05) is 39.6 Å². The number of hydrogen-bond acceptors (Lipinski definition) is 15. The van der Waals surface area contributed by atoms with Gasteiger partial charge in [-0.2, -0.15) is 0 Å². The maximum Gasteiger partial charge on any atom is 0.472 e. The molecule has 0 amide bonds. The normalized spacial score (nSPS) is 14.9. The number of phosphoric ester groups is 2. The van der Waals surface area contributed by atoms with Crippen LogP contribution in [0.1, 0.15) is 338 Å². The molecule has 0 spiro atoms.